The standard InChI is InChI=1S/C22H30Cl2O2Si/c1-2-3-4-5-6-13-18-25-27(26-19-22(23)24,20-14-9-7-10-15-20)21-16-11-8-12-17-21/h7-12,14-17,22H,2-6,13,18-19H2,1H3. The first-order valence-electron chi connectivity index (χ1n) is 9.86. The molecule has 0 amide bonds. The van der Waals surface area contributed by atoms with Crippen molar-refractivity contribution >= 4 is 42.1 Å². The third-order valence-corrected chi connectivity index (χ3v) is 8.15. The predicted octanol–water partition coefficient (Wildman–Crippen LogP) is 5.44. The fourth-order valence-electron chi connectivity index (χ4n) is 3.14. The normalized spacial score (nSPS) is 11.9. The molecule has 0 bridgehead atoms. The first-order chi connectivity index (χ1) is 13.2. The molecular weight excluding hydrogens is 395 g/mol. The van der Waals surface area contributed by atoms with Crippen molar-refractivity contribution in [3.05, 3.63) is 60.7 Å². The van der Waals surface area contributed by atoms with Crippen molar-refractivity contribution in [3.63, 3.8) is 0 Å². The lowest BCUT2D eigenvalue weighted by atomic mass is 10.1. The highest BCUT2D eigenvalue weighted by atomic mass is 35.5. The summed E-state index contributed by atoms with van der Waals surface area (Å²) < 4.78 is 12.9. The summed E-state index contributed by atoms with van der Waals surface area (Å²) in [6, 6.07) is 20.4. The lowest BCUT2D eigenvalue weighted by molar-refractivity contribution is 0.193. The van der Waals surface area contributed by atoms with Gasteiger partial charge >= 0.3 is 8.56 Å². The summed E-state index contributed by atoms with van der Waals surface area (Å²) >= 11 is 12.0. The quantitative estimate of drug-likeness (QED) is 0.242. The van der Waals surface area contributed by atoms with Gasteiger partial charge in [-0.1, -0.05) is 99.7 Å². The highest BCUT2D eigenvalue weighted by molar-refractivity contribution is 6.92. The molecule has 27 heavy (non-hydrogen) atoms. The van der Waals surface area contributed by atoms with Crippen molar-refractivity contribution in [2.24, 2.45) is 0 Å². The van der Waals surface area contributed by atoms with Crippen LogP contribution in [0.4, 0.5) is 0 Å². The smallest absolute Gasteiger partial charge is 0.388 e. The van der Waals surface area contributed by atoms with Crippen LogP contribution in [0.15, 0.2) is 60.7 Å². The summed E-state index contributed by atoms with van der Waals surface area (Å²) in [6.07, 6.45) is 7.35. The van der Waals surface area contributed by atoms with Gasteiger partial charge in [0.25, 0.3) is 0 Å². The predicted molar refractivity (Wildman–Crippen MR) is 119 cm³/mol. The van der Waals surface area contributed by atoms with Gasteiger partial charge in [0.1, 0.15) is 4.84 Å². The van der Waals surface area contributed by atoms with E-state index in [0.717, 1.165) is 16.8 Å². The first kappa shape index (κ1) is 22.4. The lowest BCUT2D eigenvalue weighted by Crippen LogP contribution is -2.63. The molecule has 148 valence electrons. The van der Waals surface area contributed by atoms with E-state index in [1.165, 1.54) is 32.1 Å². The Morgan fingerprint density at radius 2 is 1.26 bits per heavy atom. The van der Waals surface area contributed by atoms with Crippen molar-refractivity contribution in [1.82, 2.24) is 0 Å². The zero-order valence-corrected chi connectivity index (χ0v) is 18.6. The number of unbranched alkanes of at least 4 members (excludes halogenated alkanes) is 5. The van der Waals surface area contributed by atoms with Crippen LogP contribution in [0.3, 0.4) is 0 Å². The molecule has 0 aliphatic rings. The van der Waals surface area contributed by atoms with Gasteiger partial charge < -0.3 is 8.85 Å². The second kappa shape index (κ2) is 12.6. The van der Waals surface area contributed by atoms with Crippen LogP contribution >= 0.6 is 23.2 Å². The number of alkyl halides is 2. The molecule has 0 unspecified atom stereocenters. The molecule has 2 aromatic carbocycles. The van der Waals surface area contributed by atoms with Crippen LogP contribution < -0.4 is 10.4 Å². The van der Waals surface area contributed by atoms with Gasteiger partial charge in [0.2, 0.25) is 0 Å². The minimum absolute atomic E-state index is 0.246. The van der Waals surface area contributed by atoms with Crippen LogP contribution in [0.1, 0.15) is 45.4 Å². The highest BCUT2D eigenvalue weighted by Gasteiger charge is 2.43. The van der Waals surface area contributed by atoms with Gasteiger partial charge in [-0.3, -0.25) is 0 Å². The molecule has 2 nitrogen and oxygen atoms in total. The Labute approximate surface area is 175 Å². The number of halogens is 2. The number of rotatable bonds is 13. The van der Waals surface area contributed by atoms with Gasteiger partial charge in [-0.15, -0.1) is 23.2 Å². The van der Waals surface area contributed by atoms with E-state index in [1.54, 1.807) is 0 Å². The number of hydrogen-bond acceptors (Lipinski definition) is 2. The van der Waals surface area contributed by atoms with E-state index in [1.807, 2.05) is 36.4 Å². The van der Waals surface area contributed by atoms with Gasteiger partial charge in [0, 0.05) is 6.61 Å². The second-order valence-corrected chi connectivity index (χ2v) is 10.9. The largest absolute Gasteiger partial charge is 0.407 e. The topological polar surface area (TPSA) is 18.5 Å². The van der Waals surface area contributed by atoms with Crippen LogP contribution in [0.2, 0.25) is 0 Å². The summed E-state index contributed by atoms with van der Waals surface area (Å²) in [7, 11) is -2.85. The molecule has 2 rings (SSSR count). The fraction of sp³-hybridized carbons (Fsp3) is 0.455. The third kappa shape index (κ3) is 7.24. The van der Waals surface area contributed by atoms with Crippen LogP contribution in [0.5, 0.6) is 0 Å². The van der Waals surface area contributed by atoms with Crippen LogP contribution in [-0.2, 0) is 8.85 Å². The molecule has 0 N–H and O–H groups in total. The number of benzene rings is 2. The molecular formula is C22H30Cl2O2Si. The fourth-order valence-corrected chi connectivity index (χ4v) is 6.65. The Morgan fingerprint density at radius 1 is 0.741 bits per heavy atom. The zero-order chi connectivity index (χ0) is 19.4. The summed E-state index contributed by atoms with van der Waals surface area (Å²) in [4.78, 5) is -0.582. The maximum absolute atomic E-state index is 6.56. The van der Waals surface area contributed by atoms with E-state index < -0.39 is 13.4 Å². The Kier molecular flexibility index (Phi) is 10.5. The Balaban J connectivity index is 2.17. The van der Waals surface area contributed by atoms with Crippen molar-refractivity contribution in [1.29, 1.82) is 0 Å². The van der Waals surface area contributed by atoms with E-state index in [4.69, 9.17) is 32.1 Å². The Morgan fingerprint density at radius 3 is 1.78 bits per heavy atom. The summed E-state index contributed by atoms with van der Waals surface area (Å²) in [5.74, 6) is 0. The molecule has 5 heteroatoms. The number of hydrogen-bond donors (Lipinski definition) is 0. The molecule has 0 aliphatic heterocycles. The molecule has 0 saturated heterocycles. The van der Waals surface area contributed by atoms with Gasteiger partial charge in [0.05, 0.1) is 6.61 Å². The van der Waals surface area contributed by atoms with E-state index in [0.29, 0.717) is 6.61 Å². The van der Waals surface area contributed by atoms with E-state index in [2.05, 4.69) is 31.2 Å². The summed E-state index contributed by atoms with van der Waals surface area (Å²) in [5, 5.41) is 2.16. The van der Waals surface area contributed by atoms with Crippen molar-refractivity contribution in [2.75, 3.05) is 13.2 Å². The van der Waals surface area contributed by atoms with Gasteiger partial charge in [-0.25, -0.2) is 0 Å². The summed E-state index contributed by atoms with van der Waals surface area (Å²) in [5.41, 5.74) is 0. The maximum Gasteiger partial charge on any atom is 0.407 e. The van der Waals surface area contributed by atoms with Crippen molar-refractivity contribution < 1.29 is 8.85 Å². The van der Waals surface area contributed by atoms with E-state index in [9.17, 15) is 0 Å². The molecule has 0 saturated carbocycles. The monoisotopic (exact) mass is 424 g/mol. The van der Waals surface area contributed by atoms with Crippen LogP contribution in [0, 0.1) is 0 Å². The average Bonchev–Trinajstić information content (AvgIpc) is 2.71. The lowest BCUT2D eigenvalue weighted by Gasteiger charge is -2.32. The minimum atomic E-state index is -2.85. The molecule has 2 aromatic rings. The minimum Gasteiger partial charge on any atom is -0.388 e. The summed E-state index contributed by atoms with van der Waals surface area (Å²) in [6.45, 7) is 3.16. The van der Waals surface area contributed by atoms with E-state index in [-0.39, 0.29) is 6.61 Å². The molecule has 0 aliphatic carbocycles. The Bertz CT molecular complexity index is 583. The molecule has 0 atom stereocenters. The zero-order valence-electron chi connectivity index (χ0n) is 16.1. The van der Waals surface area contributed by atoms with Crippen molar-refractivity contribution in [3.8, 4) is 0 Å². The first-order valence-corrected chi connectivity index (χ1v) is 12.5. The van der Waals surface area contributed by atoms with E-state index >= 15 is 0 Å². The SMILES string of the molecule is CCCCCCCCO[Si](OCC(Cl)Cl)(c1ccccc1)c1ccccc1. The van der Waals surface area contributed by atoms with Crippen LogP contribution in [-0.4, -0.2) is 26.6 Å². The van der Waals surface area contributed by atoms with Gasteiger partial charge in [-0.2, -0.15) is 0 Å². The average molecular weight is 425 g/mol. The maximum atomic E-state index is 6.56. The van der Waals surface area contributed by atoms with Gasteiger partial charge in [0.15, 0.2) is 0 Å². The molecule has 0 heterocycles. The molecule has 0 radical (unpaired) electrons. The molecule has 0 fully saturated rings. The third-order valence-electron chi connectivity index (χ3n) is 4.52. The van der Waals surface area contributed by atoms with Crippen LogP contribution in [0.25, 0.3) is 0 Å². The molecule has 0 spiro atoms. The molecule has 0 aromatic heterocycles. The van der Waals surface area contributed by atoms with Gasteiger partial charge in [-0.05, 0) is 16.8 Å². The Hall–Kier alpha value is -0.843. The highest BCUT2D eigenvalue weighted by Crippen LogP contribution is 2.15. The van der Waals surface area contributed by atoms with Crippen molar-refractivity contribution in [2.45, 2.75) is 50.3 Å². The second-order valence-electron chi connectivity index (χ2n) is 6.67.